The molecule has 2 aliphatic rings. The van der Waals surface area contributed by atoms with Crippen LogP contribution in [0.4, 0.5) is 0 Å². The van der Waals surface area contributed by atoms with Crippen LogP contribution in [0.25, 0.3) is 0 Å². The minimum atomic E-state index is 0.186. The van der Waals surface area contributed by atoms with Crippen molar-refractivity contribution in [2.45, 2.75) is 19.3 Å². The molecular formula is C13H26N2O2. The van der Waals surface area contributed by atoms with Gasteiger partial charge in [0.05, 0.1) is 13.2 Å². The van der Waals surface area contributed by atoms with Crippen molar-refractivity contribution >= 4 is 0 Å². The van der Waals surface area contributed by atoms with E-state index < -0.39 is 0 Å². The molecule has 0 spiro atoms. The molecule has 2 N–H and O–H groups in total. The molecule has 0 bridgehead atoms. The summed E-state index contributed by atoms with van der Waals surface area (Å²) in [5.74, 6) is 0.860. The van der Waals surface area contributed by atoms with Gasteiger partial charge in [0.1, 0.15) is 0 Å². The van der Waals surface area contributed by atoms with E-state index in [1.807, 2.05) is 0 Å². The predicted molar refractivity (Wildman–Crippen MR) is 68.0 cm³/mol. The van der Waals surface area contributed by atoms with Crippen molar-refractivity contribution in [2.75, 3.05) is 53.1 Å². The number of likely N-dealkylation sites (N-methyl/N-ethyl adjacent to an activating group) is 1. The lowest BCUT2D eigenvalue weighted by molar-refractivity contribution is 0.0810. The van der Waals surface area contributed by atoms with Gasteiger partial charge in [-0.1, -0.05) is 0 Å². The zero-order valence-corrected chi connectivity index (χ0v) is 11.0. The summed E-state index contributed by atoms with van der Waals surface area (Å²) in [4.78, 5) is 2.33. The summed E-state index contributed by atoms with van der Waals surface area (Å²) < 4.78 is 11.1. The second-order valence-corrected chi connectivity index (χ2v) is 5.76. The summed E-state index contributed by atoms with van der Waals surface area (Å²) in [6, 6.07) is 0. The third kappa shape index (κ3) is 4.21. The molecule has 4 nitrogen and oxygen atoms in total. The van der Waals surface area contributed by atoms with Crippen LogP contribution < -0.4 is 5.73 Å². The number of ether oxygens (including phenoxy) is 2. The van der Waals surface area contributed by atoms with E-state index in [0.717, 1.165) is 58.4 Å². The molecule has 17 heavy (non-hydrogen) atoms. The van der Waals surface area contributed by atoms with Gasteiger partial charge in [-0.25, -0.2) is 0 Å². The maximum Gasteiger partial charge on any atom is 0.0593 e. The molecule has 1 saturated heterocycles. The van der Waals surface area contributed by atoms with Crippen LogP contribution in [0.2, 0.25) is 0 Å². The zero-order chi connectivity index (χ0) is 12.1. The minimum absolute atomic E-state index is 0.186. The highest BCUT2D eigenvalue weighted by Gasteiger charge is 2.34. The molecule has 0 aromatic carbocycles. The van der Waals surface area contributed by atoms with Crippen molar-refractivity contribution in [3.05, 3.63) is 0 Å². The van der Waals surface area contributed by atoms with E-state index in [1.54, 1.807) is 0 Å². The Morgan fingerprint density at radius 1 is 1.47 bits per heavy atom. The summed E-state index contributed by atoms with van der Waals surface area (Å²) in [5.41, 5.74) is 6.07. The SMILES string of the molecule is CN(CCOCC1CC1)CC1(CN)CCOC1. The predicted octanol–water partition coefficient (Wildman–Crippen LogP) is 0.710. The van der Waals surface area contributed by atoms with Crippen LogP contribution in [0.5, 0.6) is 0 Å². The zero-order valence-electron chi connectivity index (χ0n) is 11.0. The van der Waals surface area contributed by atoms with Crippen molar-refractivity contribution in [1.82, 2.24) is 4.90 Å². The third-order valence-corrected chi connectivity index (χ3v) is 3.89. The molecule has 0 aromatic heterocycles. The van der Waals surface area contributed by atoms with Crippen molar-refractivity contribution in [3.8, 4) is 0 Å². The number of nitrogens with zero attached hydrogens (tertiary/aromatic N) is 1. The number of hydrogen-bond donors (Lipinski definition) is 1. The van der Waals surface area contributed by atoms with E-state index in [9.17, 15) is 0 Å². The van der Waals surface area contributed by atoms with Gasteiger partial charge in [-0.2, -0.15) is 0 Å². The Morgan fingerprint density at radius 3 is 2.88 bits per heavy atom. The van der Waals surface area contributed by atoms with Gasteiger partial charge in [0.15, 0.2) is 0 Å². The van der Waals surface area contributed by atoms with Crippen LogP contribution in [0, 0.1) is 11.3 Å². The highest BCUT2D eigenvalue weighted by Crippen LogP contribution is 2.29. The lowest BCUT2D eigenvalue weighted by Gasteiger charge is -2.30. The van der Waals surface area contributed by atoms with Crippen molar-refractivity contribution in [1.29, 1.82) is 0 Å². The van der Waals surface area contributed by atoms with E-state index in [-0.39, 0.29) is 5.41 Å². The molecule has 1 aliphatic carbocycles. The largest absolute Gasteiger partial charge is 0.381 e. The van der Waals surface area contributed by atoms with E-state index in [2.05, 4.69) is 11.9 Å². The Balaban J connectivity index is 1.59. The summed E-state index contributed by atoms with van der Waals surface area (Å²) >= 11 is 0. The molecule has 1 aliphatic heterocycles. The monoisotopic (exact) mass is 242 g/mol. The molecule has 4 heteroatoms. The highest BCUT2D eigenvalue weighted by molar-refractivity contribution is 4.86. The summed E-state index contributed by atoms with van der Waals surface area (Å²) in [5, 5.41) is 0. The summed E-state index contributed by atoms with van der Waals surface area (Å²) in [6.07, 6.45) is 3.82. The van der Waals surface area contributed by atoms with Gasteiger partial charge in [0, 0.05) is 38.3 Å². The first-order valence-electron chi connectivity index (χ1n) is 6.78. The Morgan fingerprint density at radius 2 is 2.29 bits per heavy atom. The molecule has 0 aromatic rings. The standard InChI is InChI=1S/C13H26N2O2/c1-15(5-7-16-8-12-2-3-12)10-13(9-14)4-6-17-11-13/h12H,2-11,14H2,1H3. The highest BCUT2D eigenvalue weighted by atomic mass is 16.5. The lowest BCUT2D eigenvalue weighted by atomic mass is 9.87. The van der Waals surface area contributed by atoms with E-state index >= 15 is 0 Å². The van der Waals surface area contributed by atoms with E-state index in [0.29, 0.717) is 0 Å². The Hall–Kier alpha value is -0.160. The topological polar surface area (TPSA) is 47.7 Å². The van der Waals surface area contributed by atoms with Crippen LogP contribution in [0.3, 0.4) is 0 Å². The maximum atomic E-state index is 5.88. The first-order chi connectivity index (χ1) is 8.24. The van der Waals surface area contributed by atoms with Gasteiger partial charge in [0.25, 0.3) is 0 Å². The normalized spacial score (nSPS) is 29.1. The number of hydrogen-bond acceptors (Lipinski definition) is 4. The fourth-order valence-electron chi connectivity index (χ4n) is 2.41. The molecule has 1 unspecified atom stereocenters. The smallest absolute Gasteiger partial charge is 0.0593 e. The van der Waals surface area contributed by atoms with Crippen molar-refractivity contribution in [3.63, 3.8) is 0 Å². The average molecular weight is 242 g/mol. The van der Waals surface area contributed by atoms with Crippen LogP contribution in [0.15, 0.2) is 0 Å². The summed E-state index contributed by atoms with van der Waals surface area (Å²) in [6.45, 7) is 6.22. The first kappa shape index (κ1) is 13.3. The Kier molecular flexibility index (Phi) is 4.79. The molecule has 1 saturated carbocycles. The minimum Gasteiger partial charge on any atom is -0.381 e. The average Bonchev–Trinajstić information content (AvgIpc) is 3.04. The molecule has 100 valence electrons. The van der Waals surface area contributed by atoms with E-state index in [1.165, 1.54) is 12.8 Å². The molecule has 1 atom stereocenters. The molecule has 0 radical (unpaired) electrons. The second-order valence-electron chi connectivity index (χ2n) is 5.76. The first-order valence-corrected chi connectivity index (χ1v) is 6.78. The van der Waals surface area contributed by atoms with Gasteiger partial charge in [0.2, 0.25) is 0 Å². The number of rotatable bonds is 8. The van der Waals surface area contributed by atoms with Crippen LogP contribution in [0.1, 0.15) is 19.3 Å². The lowest BCUT2D eigenvalue weighted by Crippen LogP contribution is -2.42. The molecule has 2 fully saturated rings. The third-order valence-electron chi connectivity index (χ3n) is 3.89. The molecule has 1 heterocycles. The van der Waals surface area contributed by atoms with Crippen molar-refractivity contribution < 1.29 is 9.47 Å². The molecule has 0 amide bonds. The molecule has 2 rings (SSSR count). The van der Waals surface area contributed by atoms with Crippen LogP contribution in [-0.2, 0) is 9.47 Å². The van der Waals surface area contributed by atoms with Gasteiger partial charge in [-0.05, 0) is 32.2 Å². The van der Waals surface area contributed by atoms with Gasteiger partial charge < -0.3 is 20.1 Å². The van der Waals surface area contributed by atoms with Gasteiger partial charge in [-0.15, -0.1) is 0 Å². The van der Waals surface area contributed by atoms with Crippen LogP contribution in [-0.4, -0.2) is 58.0 Å². The molecular weight excluding hydrogens is 216 g/mol. The fraction of sp³-hybridized carbons (Fsp3) is 1.00. The Labute approximate surface area is 104 Å². The van der Waals surface area contributed by atoms with Gasteiger partial charge >= 0.3 is 0 Å². The number of nitrogens with two attached hydrogens (primary N) is 1. The second kappa shape index (κ2) is 6.14. The van der Waals surface area contributed by atoms with Crippen LogP contribution >= 0.6 is 0 Å². The summed E-state index contributed by atoms with van der Waals surface area (Å²) in [7, 11) is 2.15. The quantitative estimate of drug-likeness (QED) is 0.637. The van der Waals surface area contributed by atoms with Crippen molar-refractivity contribution in [2.24, 2.45) is 17.1 Å². The Bertz CT molecular complexity index is 225. The maximum absolute atomic E-state index is 5.88. The van der Waals surface area contributed by atoms with E-state index in [4.69, 9.17) is 15.2 Å². The van der Waals surface area contributed by atoms with Gasteiger partial charge in [-0.3, -0.25) is 0 Å². The fourth-order valence-corrected chi connectivity index (χ4v) is 2.41.